The van der Waals surface area contributed by atoms with E-state index in [-0.39, 0.29) is 33.2 Å². The quantitative estimate of drug-likeness (QED) is 0.421. The number of nitrogens with one attached hydrogen (secondary N) is 1. The number of piperidine rings is 1. The van der Waals surface area contributed by atoms with Gasteiger partial charge in [0.1, 0.15) is 9.73 Å². The molecular formula is C18H18N4O6S3. The minimum atomic E-state index is -3.62. The van der Waals surface area contributed by atoms with Crippen LogP contribution in [-0.2, 0) is 14.8 Å². The molecule has 1 atom stereocenters. The van der Waals surface area contributed by atoms with Crippen LogP contribution in [0.1, 0.15) is 12.8 Å². The zero-order valence-corrected chi connectivity index (χ0v) is 18.8. The number of ether oxygens (including phenoxy) is 1. The molecule has 1 fully saturated rings. The summed E-state index contributed by atoms with van der Waals surface area (Å²) in [6.07, 6.45) is 1.13. The third-order valence-corrected chi connectivity index (χ3v) is 9.11. The lowest BCUT2D eigenvalue weighted by Gasteiger charge is -2.30. The average Bonchev–Trinajstić information content (AvgIpc) is 3.43. The Labute approximate surface area is 185 Å². The fourth-order valence-corrected chi connectivity index (χ4v) is 7.01. The molecule has 0 saturated carbocycles. The maximum absolute atomic E-state index is 12.8. The van der Waals surface area contributed by atoms with E-state index in [0.717, 1.165) is 22.7 Å². The number of rotatable bonds is 6. The Hall–Kier alpha value is -2.61. The summed E-state index contributed by atoms with van der Waals surface area (Å²) in [7, 11) is -2.23. The fourth-order valence-electron chi connectivity index (χ4n) is 3.42. The molecule has 13 heteroatoms. The summed E-state index contributed by atoms with van der Waals surface area (Å²) in [6.45, 7) is 0.456. The van der Waals surface area contributed by atoms with E-state index in [9.17, 15) is 23.3 Å². The third kappa shape index (κ3) is 4.26. The second-order valence-electron chi connectivity index (χ2n) is 6.89. The Morgan fingerprint density at radius 1 is 1.42 bits per heavy atom. The number of thiazole rings is 1. The van der Waals surface area contributed by atoms with Gasteiger partial charge in [-0.25, -0.2) is 13.4 Å². The number of hydrogen-bond acceptors (Lipinski definition) is 9. The molecule has 0 radical (unpaired) electrons. The van der Waals surface area contributed by atoms with Gasteiger partial charge < -0.3 is 10.1 Å². The number of hydrogen-bond donors (Lipinski definition) is 1. The van der Waals surface area contributed by atoms with Crippen LogP contribution in [0.4, 0.5) is 10.8 Å². The summed E-state index contributed by atoms with van der Waals surface area (Å²) in [5.74, 6) is -0.614. The minimum Gasteiger partial charge on any atom is -0.494 e. The fraction of sp³-hybridized carbons (Fsp3) is 0.333. The molecule has 4 rings (SSSR count). The van der Waals surface area contributed by atoms with Gasteiger partial charge in [0.25, 0.3) is 15.7 Å². The lowest BCUT2D eigenvalue weighted by atomic mass is 9.99. The molecule has 3 heterocycles. The lowest BCUT2D eigenvalue weighted by Crippen LogP contribution is -2.43. The molecule has 0 bridgehead atoms. The first kappa shape index (κ1) is 21.6. The van der Waals surface area contributed by atoms with E-state index in [1.54, 1.807) is 17.5 Å². The summed E-state index contributed by atoms with van der Waals surface area (Å²) in [5, 5.41) is 15.8. The molecule has 1 aliphatic heterocycles. The van der Waals surface area contributed by atoms with Crippen molar-refractivity contribution in [3.05, 3.63) is 39.8 Å². The van der Waals surface area contributed by atoms with Crippen LogP contribution in [-0.4, -0.2) is 48.7 Å². The number of thiophene rings is 1. The summed E-state index contributed by atoms with van der Waals surface area (Å²) in [6, 6.07) is 5.89. The predicted molar refractivity (Wildman–Crippen MR) is 117 cm³/mol. The number of methoxy groups -OCH3 is 1. The SMILES string of the molecule is COc1cc([N+](=O)[O-])cc2sc(NC(=O)C3CCCN(S(=O)(=O)c4cccs4)C3)nc12. The topological polar surface area (TPSA) is 132 Å². The Balaban J connectivity index is 1.52. The van der Waals surface area contributed by atoms with Crippen LogP contribution in [0.2, 0.25) is 0 Å². The Morgan fingerprint density at radius 2 is 2.23 bits per heavy atom. The maximum Gasteiger partial charge on any atom is 0.274 e. The Bertz CT molecular complexity index is 1240. The largest absolute Gasteiger partial charge is 0.494 e. The second-order valence-corrected chi connectivity index (χ2v) is 11.0. The average molecular weight is 483 g/mol. The van der Waals surface area contributed by atoms with Gasteiger partial charge in [-0.05, 0) is 24.3 Å². The number of fused-ring (bicyclic) bond motifs is 1. The summed E-state index contributed by atoms with van der Waals surface area (Å²) in [4.78, 5) is 27.8. The van der Waals surface area contributed by atoms with Crippen molar-refractivity contribution >= 4 is 59.6 Å². The molecule has 31 heavy (non-hydrogen) atoms. The van der Waals surface area contributed by atoms with Crippen molar-refractivity contribution in [1.29, 1.82) is 0 Å². The molecule has 1 saturated heterocycles. The number of amides is 1. The smallest absolute Gasteiger partial charge is 0.274 e. The molecule has 10 nitrogen and oxygen atoms in total. The minimum absolute atomic E-state index is 0.0890. The van der Waals surface area contributed by atoms with Crippen molar-refractivity contribution in [2.24, 2.45) is 5.92 Å². The highest BCUT2D eigenvalue weighted by atomic mass is 32.2. The van der Waals surface area contributed by atoms with Crippen molar-refractivity contribution in [1.82, 2.24) is 9.29 Å². The first-order valence-electron chi connectivity index (χ1n) is 9.27. The van der Waals surface area contributed by atoms with Crippen LogP contribution < -0.4 is 10.1 Å². The monoisotopic (exact) mass is 482 g/mol. The highest BCUT2D eigenvalue weighted by Gasteiger charge is 2.34. The van der Waals surface area contributed by atoms with Gasteiger partial charge in [0.15, 0.2) is 10.9 Å². The van der Waals surface area contributed by atoms with Crippen molar-refractivity contribution in [2.75, 3.05) is 25.5 Å². The third-order valence-electron chi connectivity index (χ3n) is 4.95. The maximum atomic E-state index is 12.8. The number of carbonyl (C=O) groups excluding carboxylic acids is 1. The van der Waals surface area contributed by atoms with Gasteiger partial charge in [-0.15, -0.1) is 11.3 Å². The molecule has 1 amide bonds. The van der Waals surface area contributed by atoms with E-state index in [0.29, 0.717) is 29.6 Å². The van der Waals surface area contributed by atoms with Crippen molar-refractivity contribution in [2.45, 2.75) is 17.1 Å². The van der Waals surface area contributed by atoms with Crippen LogP contribution in [0.25, 0.3) is 10.2 Å². The number of non-ortho nitro benzene ring substituents is 1. The summed E-state index contributed by atoms with van der Waals surface area (Å²) >= 11 is 2.24. The van der Waals surface area contributed by atoms with Gasteiger partial charge in [0.05, 0.1) is 28.7 Å². The molecule has 3 aromatic rings. The first-order valence-corrected chi connectivity index (χ1v) is 12.4. The van der Waals surface area contributed by atoms with Crippen molar-refractivity contribution < 1.29 is 22.9 Å². The Morgan fingerprint density at radius 3 is 2.90 bits per heavy atom. The van der Waals surface area contributed by atoms with Crippen LogP contribution in [0.3, 0.4) is 0 Å². The van der Waals surface area contributed by atoms with Gasteiger partial charge in [0, 0.05) is 19.2 Å². The number of benzene rings is 1. The van der Waals surface area contributed by atoms with Crippen LogP contribution in [0, 0.1) is 16.0 Å². The second kappa shape index (κ2) is 8.49. The summed E-state index contributed by atoms with van der Waals surface area (Å²) in [5.41, 5.74) is 0.284. The van der Waals surface area contributed by atoms with E-state index in [4.69, 9.17) is 4.74 Å². The van der Waals surface area contributed by atoms with E-state index < -0.39 is 20.9 Å². The molecule has 1 aliphatic rings. The number of aromatic nitrogens is 1. The lowest BCUT2D eigenvalue weighted by molar-refractivity contribution is -0.384. The highest BCUT2D eigenvalue weighted by molar-refractivity contribution is 7.91. The zero-order chi connectivity index (χ0) is 22.2. The van der Waals surface area contributed by atoms with Crippen molar-refractivity contribution in [3.63, 3.8) is 0 Å². The van der Waals surface area contributed by atoms with E-state index in [1.165, 1.54) is 23.5 Å². The number of nitro benzene ring substituents is 1. The normalized spacial score (nSPS) is 17.5. The molecule has 0 aliphatic carbocycles. The van der Waals surface area contributed by atoms with Gasteiger partial charge in [-0.2, -0.15) is 4.31 Å². The highest BCUT2D eigenvalue weighted by Crippen LogP contribution is 2.36. The van der Waals surface area contributed by atoms with E-state index in [2.05, 4.69) is 10.3 Å². The van der Waals surface area contributed by atoms with Crippen LogP contribution in [0.5, 0.6) is 5.75 Å². The molecule has 2 aromatic heterocycles. The van der Waals surface area contributed by atoms with Gasteiger partial charge in [0.2, 0.25) is 5.91 Å². The van der Waals surface area contributed by atoms with Gasteiger partial charge >= 0.3 is 0 Å². The van der Waals surface area contributed by atoms with E-state index >= 15 is 0 Å². The number of anilines is 1. The first-order chi connectivity index (χ1) is 14.8. The molecule has 1 unspecified atom stereocenters. The van der Waals surface area contributed by atoms with Crippen LogP contribution >= 0.6 is 22.7 Å². The molecule has 1 N–H and O–H groups in total. The molecule has 164 valence electrons. The van der Waals surface area contributed by atoms with E-state index in [1.807, 2.05) is 0 Å². The molecular weight excluding hydrogens is 464 g/mol. The Kier molecular flexibility index (Phi) is 5.92. The number of carbonyl (C=O) groups is 1. The predicted octanol–water partition coefficient (Wildman–Crippen LogP) is 3.31. The molecule has 1 aromatic carbocycles. The van der Waals surface area contributed by atoms with Crippen molar-refractivity contribution in [3.8, 4) is 5.75 Å². The number of nitrogens with zero attached hydrogens (tertiary/aromatic N) is 3. The summed E-state index contributed by atoms with van der Waals surface area (Å²) < 4.78 is 32.9. The molecule has 0 spiro atoms. The zero-order valence-electron chi connectivity index (χ0n) is 16.3. The standard InChI is InChI=1S/C18H18N4O6S3/c1-28-13-8-12(22(24)25)9-14-16(13)19-18(30-14)20-17(23)11-4-2-6-21(10-11)31(26,27)15-5-3-7-29-15/h3,5,7-9,11H,2,4,6,10H2,1H3,(H,19,20,23). The number of nitro groups is 1. The van der Waals surface area contributed by atoms with Gasteiger partial charge in [-0.3, -0.25) is 14.9 Å². The number of sulfonamides is 1. The van der Waals surface area contributed by atoms with Crippen LogP contribution in [0.15, 0.2) is 33.9 Å². The van der Waals surface area contributed by atoms with Gasteiger partial charge in [-0.1, -0.05) is 17.4 Å².